The van der Waals surface area contributed by atoms with Crippen LogP contribution < -0.4 is 5.32 Å². The SMILES string of the molecule is Cc1cc(C(=O)NC2CCCC2C#N)co1. The number of aryl methyl sites for hydroxylation is 1. The van der Waals surface area contributed by atoms with Crippen LogP contribution in [0.1, 0.15) is 35.4 Å². The summed E-state index contributed by atoms with van der Waals surface area (Å²) in [6.07, 6.45) is 4.22. The molecule has 1 aromatic rings. The van der Waals surface area contributed by atoms with Crippen LogP contribution in [-0.4, -0.2) is 11.9 Å². The zero-order valence-electron chi connectivity index (χ0n) is 9.19. The van der Waals surface area contributed by atoms with Crippen LogP contribution >= 0.6 is 0 Å². The van der Waals surface area contributed by atoms with Crippen LogP contribution in [-0.2, 0) is 0 Å². The third kappa shape index (κ3) is 2.08. The number of furan rings is 1. The van der Waals surface area contributed by atoms with Gasteiger partial charge in [0.05, 0.1) is 17.6 Å². The van der Waals surface area contributed by atoms with Crippen molar-refractivity contribution in [3.63, 3.8) is 0 Å². The molecule has 1 aromatic heterocycles. The van der Waals surface area contributed by atoms with E-state index in [2.05, 4.69) is 11.4 Å². The van der Waals surface area contributed by atoms with E-state index in [0.29, 0.717) is 11.3 Å². The highest BCUT2D eigenvalue weighted by Crippen LogP contribution is 2.25. The van der Waals surface area contributed by atoms with Gasteiger partial charge in [-0.3, -0.25) is 4.79 Å². The fourth-order valence-electron chi connectivity index (χ4n) is 2.10. The standard InChI is InChI=1S/C12H14N2O2/c1-8-5-10(7-16-8)12(15)14-11-4-2-3-9(11)6-13/h5,7,9,11H,2-4H2,1H3,(H,14,15). The van der Waals surface area contributed by atoms with Gasteiger partial charge in [0.15, 0.2) is 0 Å². The molecule has 2 atom stereocenters. The summed E-state index contributed by atoms with van der Waals surface area (Å²) in [5, 5.41) is 11.8. The van der Waals surface area contributed by atoms with E-state index in [4.69, 9.17) is 9.68 Å². The summed E-state index contributed by atoms with van der Waals surface area (Å²) in [6.45, 7) is 1.80. The summed E-state index contributed by atoms with van der Waals surface area (Å²) < 4.78 is 5.08. The number of carbonyl (C=O) groups is 1. The van der Waals surface area contributed by atoms with Gasteiger partial charge in [0.1, 0.15) is 12.0 Å². The summed E-state index contributed by atoms with van der Waals surface area (Å²) in [5.41, 5.74) is 0.529. The lowest BCUT2D eigenvalue weighted by Crippen LogP contribution is -2.36. The van der Waals surface area contributed by atoms with Crippen LogP contribution in [0.25, 0.3) is 0 Å². The number of nitrogens with one attached hydrogen (secondary N) is 1. The molecule has 16 heavy (non-hydrogen) atoms. The highest BCUT2D eigenvalue weighted by Gasteiger charge is 2.28. The van der Waals surface area contributed by atoms with E-state index in [1.165, 1.54) is 6.26 Å². The molecule has 2 rings (SSSR count). The molecule has 1 aliphatic carbocycles. The fraction of sp³-hybridized carbons (Fsp3) is 0.500. The highest BCUT2D eigenvalue weighted by atomic mass is 16.3. The minimum absolute atomic E-state index is 0.00675. The maximum absolute atomic E-state index is 11.8. The molecule has 1 saturated carbocycles. The Morgan fingerprint density at radius 3 is 3.06 bits per heavy atom. The second-order valence-corrected chi connectivity index (χ2v) is 4.19. The number of carbonyl (C=O) groups excluding carboxylic acids is 1. The van der Waals surface area contributed by atoms with E-state index in [-0.39, 0.29) is 17.9 Å². The lowest BCUT2D eigenvalue weighted by Gasteiger charge is -2.14. The quantitative estimate of drug-likeness (QED) is 0.825. The summed E-state index contributed by atoms with van der Waals surface area (Å²) in [6, 6.07) is 3.93. The van der Waals surface area contributed by atoms with Gasteiger partial charge in [0.25, 0.3) is 5.91 Å². The predicted octanol–water partition coefficient (Wildman–Crippen LogP) is 2.01. The van der Waals surface area contributed by atoms with Crippen molar-refractivity contribution in [2.24, 2.45) is 5.92 Å². The molecule has 1 amide bonds. The lowest BCUT2D eigenvalue weighted by molar-refractivity contribution is 0.0932. The minimum Gasteiger partial charge on any atom is -0.469 e. The first kappa shape index (κ1) is 10.7. The Morgan fingerprint density at radius 1 is 1.62 bits per heavy atom. The third-order valence-electron chi connectivity index (χ3n) is 2.99. The molecule has 84 valence electrons. The Balaban J connectivity index is 2.00. The Hall–Kier alpha value is -1.76. The van der Waals surface area contributed by atoms with Crippen LogP contribution in [0, 0.1) is 24.2 Å². The molecule has 0 bridgehead atoms. The summed E-state index contributed by atoms with van der Waals surface area (Å²) in [7, 11) is 0. The molecule has 0 radical (unpaired) electrons. The molecule has 1 heterocycles. The van der Waals surface area contributed by atoms with Gasteiger partial charge in [0.2, 0.25) is 0 Å². The topological polar surface area (TPSA) is 66.0 Å². The second-order valence-electron chi connectivity index (χ2n) is 4.19. The zero-order valence-corrected chi connectivity index (χ0v) is 9.19. The van der Waals surface area contributed by atoms with E-state index >= 15 is 0 Å². The molecule has 0 aliphatic heterocycles. The first-order valence-electron chi connectivity index (χ1n) is 5.46. The lowest BCUT2D eigenvalue weighted by atomic mass is 10.1. The smallest absolute Gasteiger partial charge is 0.254 e. The molecule has 0 saturated heterocycles. The van der Waals surface area contributed by atoms with Gasteiger partial charge in [-0.05, 0) is 32.3 Å². The van der Waals surface area contributed by atoms with Crippen molar-refractivity contribution in [1.82, 2.24) is 5.32 Å². The van der Waals surface area contributed by atoms with Crippen molar-refractivity contribution in [1.29, 1.82) is 5.26 Å². The van der Waals surface area contributed by atoms with Gasteiger partial charge in [-0.1, -0.05) is 0 Å². The van der Waals surface area contributed by atoms with E-state index in [1.807, 2.05) is 0 Å². The van der Waals surface area contributed by atoms with Crippen molar-refractivity contribution < 1.29 is 9.21 Å². The largest absolute Gasteiger partial charge is 0.469 e. The summed E-state index contributed by atoms with van der Waals surface area (Å²) in [5.74, 6) is 0.523. The van der Waals surface area contributed by atoms with Crippen LogP contribution in [0.15, 0.2) is 16.7 Å². The Kier molecular flexibility index (Phi) is 2.95. The van der Waals surface area contributed by atoms with Crippen molar-refractivity contribution >= 4 is 5.91 Å². The Labute approximate surface area is 94.2 Å². The van der Waals surface area contributed by atoms with Crippen LogP contribution in [0.5, 0.6) is 0 Å². The average Bonchev–Trinajstić information content (AvgIpc) is 2.86. The molecule has 4 heteroatoms. The van der Waals surface area contributed by atoms with E-state index < -0.39 is 0 Å². The van der Waals surface area contributed by atoms with Crippen LogP contribution in [0.2, 0.25) is 0 Å². The van der Waals surface area contributed by atoms with Gasteiger partial charge in [-0.25, -0.2) is 0 Å². The first-order valence-corrected chi connectivity index (χ1v) is 5.46. The third-order valence-corrected chi connectivity index (χ3v) is 2.99. The Morgan fingerprint density at radius 2 is 2.44 bits per heavy atom. The highest BCUT2D eigenvalue weighted by molar-refractivity contribution is 5.94. The molecule has 0 spiro atoms. The molecule has 0 aromatic carbocycles. The van der Waals surface area contributed by atoms with E-state index in [9.17, 15) is 4.79 Å². The number of nitriles is 1. The van der Waals surface area contributed by atoms with Gasteiger partial charge >= 0.3 is 0 Å². The van der Waals surface area contributed by atoms with Gasteiger partial charge in [-0.2, -0.15) is 5.26 Å². The average molecular weight is 218 g/mol. The second kappa shape index (κ2) is 4.40. The normalized spacial score (nSPS) is 24.0. The van der Waals surface area contributed by atoms with Crippen molar-refractivity contribution in [2.45, 2.75) is 32.2 Å². The van der Waals surface area contributed by atoms with Gasteiger partial charge in [0, 0.05) is 6.04 Å². The summed E-state index contributed by atoms with van der Waals surface area (Å²) >= 11 is 0. The molecular weight excluding hydrogens is 204 g/mol. The molecule has 2 unspecified atom stereocenters. The number of hydrogen-bond acceptors (Lipinski definition) is 3. The first-order chi connectivity index (χ1) is 7.70. The van der Waals surface area contributed by atoms with Crippen LogP contribution in [0.4, 0.5) is 0 Å². The molecule has 1 fully saturated rings. The van der Waals surface area contributed by atoms with Crippen molar-refractivity contribution in [2.75, 3.05) is 0 Å². The maximum Gasteiger partial charge on any atom is 0.254 e. The van der Waals surface area contributed by atoms with Gasteiger partial charge in [-0.15, -0.1) is 0 Å². The maximum atomic E-state index is 11.8. The zero-order chi connectivity index (χ0) is 11.5. The number of amides is 1. The monoisotopic (exact) mass is 218 g/mol. The van der Waals surface area contributed by atoms with E-state index in [0.717, 1.165) is 19.3 Å². The minimum atomic E-state index is -0.149. The predicted molar refractivity (Wildman–Crippen MR) is 57.7 cm³/mol. The van der Waals surface area contributed by atoms with E-state index in [1.54, 1.807) is 13.0 Å². The summed E-state index contributed by atoms with van der Waals surface area (Å²) in [4.78, 5) is 11.8. The Bertz CT molecular complexity index is 430. The van der Waals surface area contributed by atoms with Crippen LogP contribution in [0.3, 0.4) is 0 Å². The number of hydrogen-bond donors (Lipinski definition) is 1. The number of nitrogens with zero attached hydrogens (tertiary/aromatic N) is 1. The van der Waals surface area contributed by atoms with Crippen molar-refractivity contribution in [3.8, 4) is 6.07 Å². The molecular formula is C12H14N2O2. The molecule has 1 N–H and O–H groups in total. The molecule has 1 aliphatic rings. The van der Waals surface area contributed by atoms with Gasteiger partial charge < -0.3 is 9.73 Å². The molecule has 4 nitrogen and oxygen atoms in total. The number of rotatable bonds is 2. The fourth-order valence-corrected chi connectivity index (χ4v) is 2.10. The van der Waals surface area contributed by atoms with Crippen molar-refractivity contribution in [3.05, 3.63) is 23.7 Å².